The Labute approximate surface area is 92.6 Å². The van der Waals surface area contributed by atoms with Crippen LogP contribution >= 0.6 is 0 Å². The first-order valence-electron chi connectivity index (χ1n) is 5.05. The van der Waals surface area contributed by atoms with E-state index in [1.165, 1.54) is 0 Å². The molecule has 0 aliphatic heterocycles. The molecular formula is C10H13N3O3. The summed E-state index contributed by atoms with van der Waals surface area (Å²) < 4.78 is 15.6. The van der Waals surface area contributed by atoms with Crippen molar-refractivity contribution in [3.63, 3.8) is 0 Å². The summed E-state index contributed by atoms with van der Waals surface area (Å²) in [6, 6.07) is 4.06. The molecule has 0 aliphatic carbocycles. The van der Waals surface area contributed by atoms with E-state index in [9.17, 15) is 0 Å². The lowest BCUT2D eigenvalue weighted by molar-refractivity contribution is 0.115. The van der Waals surface area contributed by atoms with E-state index in [1.54, 1.807) is 6.26 Å². The van der Waals surface area contributed by atoms with Gasteiger partial charge in [0, 0.05) is 6.61 Å². The van der Waals surface area contributed by atoms with Gasteiger partial charge in [0.15, 0.2) is 0 Å². The molecule has 0 aromatic carbocycles. The summed E-state index contributed by atoms with van der Waals surface area (Å²) in [7, 11) is 0. The molecule has 0 unspecified atom stereocenters. The number of hydrogen-bond donors (Lipinski definition) is 1. The van der Waals surface area contributed by atoms with Gasteiger partial charge in [-0.1, -0.05) is 5.10 Å². The molecule has 2 rings (SSSR count). The van der Waals surface area contributed by atoms with Gasteiger partial charge in [0.1, 0.15) is 12.4 Å². The van der Waals surface area contributed by atoms with Gasteiger partial charge < -0.3 is 18.9 Å². The Morgan fingerprint density at radius 2 is 2.38 bits per heavy atom. The third kappa shape index (κ3) is 2.83. The topological polar surface area (TPSA) is 73.3 Å². The second-order valence-electron chi connectivity index (χ2n) is 3.07. The fourth-order valence-corrected chi connectivity index (χ4v) is 1.15. The Balaban J connectivity index is 1.83. The largest absolute Gasteiger partial charge is 0.467 e. The molecule has 2 heterocycles. The minimum atomic E-state index is 0.339. The number of ether oxygens (including phenoxy) is 1. The summed E-state index contributed by atoms with van der Waals surface area (Å²) in [5.41, 5.74) is 0. The molecule has 86 valence electrons. The average molecular weight is 223 g/mol. The van der Waals surface area contributed by atoms with Crippen molar-refractivity contribution < 1.29 is 13.6 Å². The first-order chi connectivity index (χ1) is 7.88. The van der Waals surface area contributed by atoms with Crippen molar-refractivity contribution >= 4 is 6.01 Å². The number of nitrogens with one attached hydrogen (secondary N) is 1. The van der Waals surface area contributed by atoms with Crippen molar-refractivity contribution in [2.45, 2.75) is 20.1 Å². The average Bonchev–Trinajstić information content (AvgIpc) is 2.95. The summed E-state index contributed by atoms with van der Waals surface area (Å²) in [6.07, 6.45) is 1.62. The van der Waals surface area contributed by atoms with Crippen LogP contribution in [-0.4, -0.2) is 16.8 Å². The molecule has 2 aromatic heterocycles. The minimum absolute atomic E-state index is 0.339. The molecule has 0 amide bonds. The van der Waals surface area contributed by atoms with Crippen LogP contribution in [0.4, 0.5) is 6.01 Å². The maximum absolute atomic E-state index is 5.28. The highest BCUT2D eigenvalue weighted by molar-refractivity contribution is 5.18. The van der Waals surface area contributed by atoms with Crippen LogP contribution in [-0.2, 0) is 17.9 Å². The van der Waals surface area contributed by atoms with E-state index in [4.69, 9.17) is 13.6 Å². The summed E-state index contributed by atoms with van der Waals surface area (Å²) in [5.74, 6) is 1.27. The van der Waals surface area contributed by atoms with Crippen LogP contribution in [0.1, 0.15) is 18.6 Å². The smallest absolute Gasteiger partial charge is 0.315 e. The number of anilines is 1. The van der Waals surface area contributed by atoms with Crippen molar-refractivity contribution in [3.8, 4) is 0 Å². The summed E-state index contributed by atoms with van der Waals surface area (Å²) in [6.45, 7) is 3.39. The number of nitrogens with zero attached hydrogens (tertiary/aromatic N) is 2. The molecule has 0 saturated carbocycles. The van der Waals surface area contributed by atoms with E-state index in [0.29, 0.717) is 31.7 Å². The molecule has 6 nitrogen and oxygen atoms in total. The second-order valence-corrected chi connectivity index (χ2v) is 3.07. The van der Waals surface area contributed by atoms with Gasteiger partial charge in [0.05, 0.1) is 12.8 Å². The molecule has 0 fully saturated rings. The lowest BCUT2D eigenvalue weighted by Gasteiger charge is -1.97. The van der Waals surface area contributed by atoms with Crippen LogP contribution in [0.25, 0.3) is 0 Å². The van der Waals surface area contributed by atoms with Crippen molar-refractivity contribution in [2.24, 2.45) is 0 Å². The normalized spacial score (nSPS) is 10.6. The van der Waals surface area contributed by atoms with Gasteiger partial charge in [-0.25, -0.2) is 0 Å². The lowest BCUT2D eigenvalue weighted by Crippen LogP contribution is -1.97. The molecular weight excluding hydrogens is 210 g/mol. The standard InChI is InChI=1S/C10H13N3O3/c1-2-14-7-9-12-13-10(16-9)11-6-8-4-3-5-15-8/h3-5H,2,6-7H2,1H3,(H,11,13). The van der Waals surface area contributed by atoms with E-state index in [-0.39, 0.29) is 0 Å². The van der Waals surface area contributed by atoms with Crippen LogP contribution in [0.2, 0.25) is 0 Å². The van der Waals surface area contributed by atoms with E-state index in [2.05, 4.69) is 15.5 Å². The molecule has 2 aromatic rings. The molecule has 16 heavy (non-hydrogen) atoms. The first-order valence-corrected chi connectivity index (χ1v) is 5.05. The summed E-state index contributed by atoms with van der Waals surface area (Å²) in [4.78, 5) is 0. The first kappa shape index (κ1) is 10.7. The van der Waals surface area contributed by atoms with Gasteiger partial charge in [-0.2, -0.15) is 0 Å². The van der Waals surface area contributed by atoms with E-state index < -0.39 is 0 Å². The monoisotopic (exact) mass is 223 g/mol. The third-order valence-electron chi connectivity index (χ3n) is 1.89. The SMILES string of the molecule is CCOCc1nnc(NCc2ccco2)o1. The molecule has 0 bridgehead atoms. The van der Waals surface area contributed by atoms with Crippen LogP contribution in [0.3, 0.4) is 0 Å². The van der Waals surface area contributed by atoms with Gasteiger partial charge in [-0.05, 0) is 19.1 Å². The molecule has 0 spiro atoms. The van der Waals surface area contributed by atoms with Gasteiger partial charge in [-0.3, -0.25) is 0 Å². The van der Waals surface area contributed by atoms with Crippen molar-refractivity contribution in [1.29, 1.82) is 0 Å². The van der Waals surface area contributed by atoms with Crippen molar-refractivity contribution in [2.75, 3.05) is 11.9 Å². The zero-order valence-electron chi connectivity index (χ0n) is 8.97. The molecule has 6 heteroatoms. The Hall–Kier alpha value is -1.82. The zero-order chi connectivity index (χ0) is 11.2. The van der Waals surface area contributed by atoms with E-state index in [1.807, 2.05) is 19.1 Å². The maximum atomic E-state index is 5.28. The van der Waals surface area contributed by atoms with Gasteiger partial charge in [0.25, 0.3) is 0 Å². The highest BCUT2D eigenvalue weighted by Crippen LogP contribution is 2.08. The third-order valence-corrected chi connectivity index (χ3v) is 1.89. The minimum Gasteiger partial charge on any atom is -0.467 e. The highest BCUT2D eigenvalue weighted by Gasteiger charge is 2.05. The number of hydrogen-bond acceptors (Lipinski definition) is 6. The molecule has 1 N–H and O–H groups in total. The van der Waals surface area contributed by atoms with Gasteiger partial charge in [-0.15, -0.1) is 5.10 Å². The Kier molecular flexibility index (Phi) is 3.55. The molecule has 0 aliphatic rings. The lowest BCUT2D eigenvalue weighted by atomic mass is 10.4. The maximum Gasteiger partial charge on any atom is 0.315 e. The van der Waals surface area contributed by atoms with Crippen LogP contribution in [0, 0.1) is 0 Å². The molecule has 0 radical (unpaired) electrons. The summed E-state index contributed by atoms with van der Waals surface area (Å²) in [5, 5.41) is 10.6. The predicted octanol–water partition coefficient (Wildman–Crippen LogP) is 1.81. The van der Waals surface area contributed by atoms with Crippen LogP contribution in [0.5, 0.6) is 0 Å². The Bertz CT molecular complexity index is 411. The van der Waals surface area contributed by atoms with Crippen molar-refractivity contribution in [3.05, 3.63) is 30.0 Å². The van der Waals surface area contributed by atoms with E-state index in [0.717, 1.165) is 5.76 Å². The van der Waals surface area contributed by atoms with Gasteiger partial charge >= 0.3 is 6.01 Å². The van der Waals surface area contributed by atoms with Gasteiger partial charge in [0.2, 0.25) is 5.89 Å². The number of rotatable bonds is 6. The Morgan fingerprint density at radius 3 is 3.12 bits per heavy atom. The number of furan rings is 1. The predicted molar refractivity (Wildman–Crippen MR) is 55.7 cm³/mol. The highest BCUT2D eigenvalue weighted by atomic mass is 16.5. The quantitative estimate of drug-likeness (QED) is 0.805. The molecule has 0 atom stereocenters. The van der Waals surface area contributed by atoms with Crippen LogP contribution < -0.4 is 5.32 Å². The Morgan fingerprint density at radius 1 is 1.44 bits per heavy atom. The summed E-state index contributed by atoms with van der Waals surface area (Å²) >= 11 is 0. The van der Waals surface area contributed by atoms with Crippen LogP contribution in [0.15, 0.2) is 27.2 Å². The number of aromatic nitrogens is 2. The zero-order valence-corrected chi connectivity index (χ0v) is 8.97. The van der Waals surface area contributed by atoms with E-state index >= 15 is 0 Å². The molecule has 0 saturated heterocycles. The van der Waals surface area contributed by atoms with Crippen molar-refractivity contribution in [1.82, 2.24) is 10.2 Å². The fraction of sp³-hybridized carbons (Fsp3) is 0.400. The second kappa shape index (κ2) is 5.32. The fourth-order valence-electron chi connectivity index (χ4n) is 1.15.